The Morgan fingerprint density at radius 3 is 1.02 bits per heavy atom. The molecule has 0 radical (unpaired) electrons. The molecule has 83 heavy (non-hydrogen) atoms. The van der Waals surface area contributed by atoms with Crippen molar-refractivity contribution in [2.75, 3.05) is 47.5 Å². The van der Waals surface area contributed by atoms with E-state index in [0.717, 1.165) is 77.0 Å². The molecule has 2 unspecified atom stereocenters. The van der Waals surface area contributed by atoms with Gasteiger partial charge in [0.2, 0.25) is 0 Å². The predicted molar refractivity (Wildman–Crippen MR) is 358 cm³/mol. The van der Waals surface area contributed by atoms with Crippen LogP contribution in [0.1, 0.15) is 316 Å². The van der Waals surface area contributed by atoms with Crippen molar-refractivity contribution in [2.24, 2.45) is 0 Å². The minimum Gasteiger partial charge on any atom is -0.462 e. The lowest BCUT2D eigenvalue weighted by molar-refractivity contribution is -0.870. The fourth-order valence-corrected chi connectivity index (χ4v) is 10.6. The van der Waals surface area contributed by atoms with Crippen molar-refractivity contribution >= 4 is 19.8 Å². The number of esters is 2. The fraction of sp³-hybridized carbons (Fsp3) is 0.781. The molecular formula is C73H133NO8P+. The highest BCUT2D eigenvalue weighted by molar-refractivity contribution is 7.47. The summed E-state index contributed by atoms with van der Waals surface area (Å²) in [6, 6.07) is 0. The van der Waals surface area contributed by atoms with Gasteiger partial charge in [-0.2, -0.15) is 0 Å². The fourth-order valence-electron chi connectivity index (χ4n) is 9.88. The molecule has 0 aliphatic rings. The summed E-state index contributed by atoms with van der Waals surface area (Å²) in [4.78, 5) is 35.8. The second-order valence-electron chi connectivity index (χ2n) is 24.5. The predicted octanol–water partition coefficient (Wildman–Crippen LogP) is 22.5. The van der Waals surface area contributed by atoms with E-state index in [-0.39, 0.29) is 25.6 Å². The van der Waals surface area contributed by atoms with Gasteiger partial charge in [0.1, 0.15) is 19.8 Å². The molecule has 0 aromatic rings. The van der Waals surface area contributed by atoms with Gasteiger partial charge < -0.3 is 18.9 Å². The maximum Gasteiger partial charge on any atom is 0.472 e. The monoisotopic (exact) mass is 1180 g/mol. The van der Waals surface area contributed by atoms with Gasteiger partial charge in [0.15, 0.2) is 6.10 Å². The van der Waals surface area contributed by atoms with Crippen molar-refractivity contribution in [3.05, 3.63) is 85.1 Å². The maximum atomic E-state index is 12.9. The minimum absolute atomic E-state index is 0.0328. The zero-order valence-electron chi connectivity index (χ0n) is 54.9. The van der Waals surface area contributed by atoms with E-state index in [4.69, 9.17) is 18.5 Å². The van der Waals surface area contributed by atoms with Crippen LogP contribution in [0.3, 0.4) is 0 Å². The molecule has 0 saturated carbocycles. The number of nitrogens with zero attached hydrogens (tertiary/aromatic N) is 1. The maximum absolute atomic E-state index is 12.9. The number of carbonyl (C=O) groups is 2. The number of rotatable bonds is 64. The molecular weight excluding hydrogens is 1050 g/mol. The first-order chi connectivity index (χ1) is 40.5. The van der Waals surface area contributed by atoms with Crippen molar-refractivity contribution in [2.45, 2.75) is 322 Å². The second kappa shape index (κ2) is 63.7. The summed E-state index contributed by atoms with van der Waals surface area (Å²) in [6.45, 7) is 4.36. The summed E-state index contributed by atoms with van der Waals surface area (Å²) in [5.74, 6) is -0.782. The van der Waals surface area contributed by atoms with Gasteiger partial charge in [0.25, 0.3) is 0 Å². The highest BCUT2D eigenvalue weighted by Gasteiger charge is 2.27. The first-order valence-electron chi connectivity index (χ1n) is 34.8. The molecule has 0 amide bonds. The van der Waals surface area contributed by atoms with Gasteiger partial charge in [-0.15, -0.1) is 0 Å². The number of ether oxygens (including phenoxy) is 2. The molecule has 2 atom stereocenters. The van der Waals surface area contributed by atoms with E-state index < -0.39 is 26.5 Å². The number of phosphoric acid groups is 1. The van der Waals surface area contributed by atoms with Gasteiger partial charge in [-0.1, -0.05) is 317 Å². The molecule has 0 saturated heterocycles. The third-order valence-electron chi connectivity index (χ3n) is 15.2. The number of carbonyl (C=O) groups excluding carboxylic acids is 2. The summed E-state index contributed by atoms with van der Waals surface area (Å²) in [5, 5.41) is 0. The molecule has 10 heteroatoms. The van der Waals surface area contributed by atoms with Crippen molar-refractivity contribution < 1.29 is 42.1 Å². The highest BCUT2D eigenvalue weighted by atomic mass is 31.2. The number of likely N-dealkylation sites (N-methyl/N-ethyl adjacent to an activating group) is 1. The normalized spacial score (nSPS) is 13.7. The van der Waals surface area contributed by atoms with E-state index in [1.165, 1.54) is 205 Å². The van der Waals surface area contributed by atoms with Crippen LogP contribution in [0.15, 0.2) is 85.1 Å². The molecule has 0 rings (SSSR count). The number of phosphoric ester groups is 1. The van der Waals surface area contributed by atoms with E-state index in [0.29, 0.717) is 23.9 Å². The molecule has 482 valence electrons. The van der Waals surface area contributed by atoms with E-state index in [1.807, 2.05) is 21.1 Å². The van der Waals surface area contributed by atoms with Gasteiger partial charge in [-0.3, -0.25) is 18.6 Å². The SMILES string of the molecule is CC/C=C\C/C=C\C/C=C\C/C=C\C/C=C\C/C=C\C/C=C\CCCCCCCCCCCCCCCCCCCCCC(=O)OC(COC(=O)CCCCCCCCCCCCCCCCCCCC)COP(=O)(O)OCC[N+](C)(C)C. The molecule has 0 heterocycles. The van der Waals surface area contributed by atoms with Crippen LogP contribution in [0.4, 0.5) is 0 Å². The van der Waals surface area contributed by atoms with Gasteiger partial charge in [0.05, 0.1) is 27.7 Å². The Balaban J connectivity index is 3.95. The molecule has 0 fully saturated rings. The van der Waals surface area contributed by atoms with Gasteiger partial charge in [-0.05, 0) is 70.6 Å². The molecule has 0 bridgehead atoms. The van der Waals surface area contributed by atoms with Crippen molar-refractivity contribution in [3.8, 4) is 0 Å². The topological polar surface area (TPSA) is 108 Å². The van der Waals surface area contributed by atoms with Crippen LogP contribution in [-0.4, -0.2) is 74.9 Å². The lowest BCUT2D eigenvalue weighted by Crippen LogP contribution is -2.37. The van der Waals surface area contributed by atoms with Crippen LogP contribution in [0.2, 0.25) is 0 Å². The lowest BCUT2D eigenvalue weighted by atomic mass is 10.0. The Morgan fingerprint density at radius 2 is 0.687 bits per heavy atom. The third kappa shape index (κ3) is 68.2. The lowest BCUT2D eigenvalue weighted by Gasteiger charge is -2.24. The number of hydrogen-bond acceptors (Lipinski definition) is 7. The van der Waals surface area contributed by atoms with Crippen molar-refractivity contribution in [3.63, 3.8) is 0 Å². The van der Waals surface area contributed by atoms with Crippen LogP contribution in [0.25, 0.3) is 0 Å². The summed E-state index contributed by atoms with van der Waals surface area (Å²) < 4.78 is 34.7. The molecule has 0 spiro atoms. The van der Waals surface area contributed by atoms with E-state index in [9.17, 15) is 19.0 Å². The average Bonchev–Trinajstić information content (AvgIpc) is 3.48. The molecule has 1 N–H and O–H groups in total. The summed E-state index contributed by atoms with van der Waals surface area (Å²) >= 11 is 0. The van der Waals surface area contributed by atoms with Crippen LogP contribution >= 0.6 is 7.82 Å². The van der Waals surface area contributed by atoms with Crippen molar-refractivity contribution in [1.29, 1.82) is 0 Å². The largest absolute Gasteiger partial charge is 0.472 e. The first kappa shape index (κ1) is 80.2. The summed E-state index contributed by atoms with van der Waals surface area (Å²) in [7, 11) is 1.49. The summed E-state index contributed by atoms with van der Waals surface area (Å²) in [5.41, 5.74) is 0. The third-order valence-corrected chi connectivity index (χ3v) is 16.2. The first-order valence-corrected chi connectivity index (χ1v) is 36.3. The number of allylic oxidation sites excluding steroid dienone is 14. The van der Waals surface area contributed by atoms with Crippen LogP contribution in [0, 0.1) is 0 Å². The molecule has 9 nitrogen and oxygen atoms in total. The van der Waals surface area contributed by atoms with Gasteiger partial charge in [0, 0.05) is 12.8 Å². The molecule has 0 aliphatic carbocycles. The quantitative estimate of drug-likeness (QED) is 0.0211. The average molecular weight is 1180 g/mol. The highest BCUT2D eigenvalue weighted by Crippen LogP contribution is 2.43. The van der Waals surface area contributed by atoms with Crippen molar-refractivity contribution in [1.82, 2.24) is 0 Å². The molecule has 0 aromatic heterocycles. The van der Waals surface area contributed by atoms with Gasteiger partial charge >= 0.3 is 19.8 Å². The molecule has 0 aromatic carbocycles. The standard InChI is InChI=1S/C73H132NO8P/c1-6-8-10-12-14-16-18-20-22-24-26-27-28-29-30-31-32-33-34-35-36-37-38-39-40-41-42-43-44-45-46-47-48-50-52-54-56-58-60-62-64-66-73(76)82-71(70-81-83(77,78)80-68-67-74(3,4)5)69-79-72(75)65-63-61-59-57-55-53-51-49-25-23-21-19-17-15-13-11-9-7-2/h8,10,14,16,20,22,26-27,29-30,32-33,35-36,71H,6-7,9,11-13,15,17-19,21,23-25,28,31,34,37-70H2,1-5H3/p+1/b10-8-,16-14-,22-20-,27-26-,30-29-,33-32-,36-35-. The Kier molecular flexibility index (Phi) is 61.5. The minimum atomic E-state index is -4.39. The van der Waals surface area contributed by atoms with Crippen LogP contribution < -0.4 is 0 Å². The molecule has 0 aliphatic heterocycles. The Morgan fingerprint density at radius 1 is 0.386 bits per heavy atom. The van der Waals surface area contributed by atoms with Crippen LogP contribution in [-0.2, 0) is 32.7 Å². The zero-order chi connectivity index (χ0) is 60.5. The van der Waals surface area contributed by atoms with Crippen LogP contribution in [0.5, 0.6) is 0 Å². The Hall–Kier alpha value is -2.81. The Labute approximate surface area is 513 Å². The van der Waals surface area contributed by atoms with Gasteiger partial charge in [-0.25, -0.2) is 4.57 Å². The van der Waals surface area contributed by atoms with E-state index >= 15 is 0 Å². The zero-order valence-corrected chi connectivity index (χ0v) is 55.8. The number of unbranched alkanes of at least 4 members (excludes halogenated alkanes) is 36. The Bertz CT molecular complexity index is 1680. The summed E-state index contributed by atoms with van der Waals surface area (Å²) in [6.07, 6.45) is 86.9. The number of quaternary nitrogens is 1. The smallest absolute Gasteiger partial charge is 0.462 e. The number of hydrogen-bond donors (Lipinski definition) is 1. The second-order valence-corrected chi connectivity index (χ2v) is 26.0. The van der Waals surface area contributed by atoms with E-state index in [1.54, 1.807) is 0 Å². The van der Waals surface area contributed by atoms with E-state index in [2.05, 4.69) is 98.9 Å².